The van der Waals surface area contributed by atoms with E-state index in [0.29, 0.717) is 14.7 Å². The Morgan fingerprint density at radius 2 is 1.63 bits per heavy atom. The Bertz CT molecular complexity index is 1290. The van der Waals surface area contributed by atoms with Crippen molar-refractivity contribution in [1.29, 1.82) is 0 Å². The maximum atomic E-state index is 12.8. The van der Waals surface area contributed by atoms with E-state index in [1.165, 1.54) is 10.8 Å². The van der Waals surface area contributed by atoms with E-state index >= 15 is 0 Å². The van der Waals surface area contributed by atoms with E-state index in [4.69, 9.17) is 19.9 Å². The summed E-state index contributed by atoms with van der Waals surface area (Å²) in [6.45, 7) is 3.68. The van der Waals surface area contributed by atoms with Crippen LogP contribution in [0.15, 0.2) is 59.5 Å². The first kappa shape index (κ1) is 24.9. The van der Waals surface area contributed by atoms with Crippen LogP contribution in [0.1, 0.15) is 44.5 Å². The van der Waals surface area contributed by atoms with Gasteiger partial charge in [0.25, 0.3) is 0 Å². The van der Waals surface area contributed by atoms with Crippen LogP contribution >= 0.6 is 22.6 Å². The molecule has 0 unspecified atom stereocenters. The fourth-order valence-corrected chi connectivity index (χ4v) is 4.06. The molecule has 1 aromatic heterocycles. The second kappa shape index (κ2) is 10.6. The van der Waals surface area contributed by atoms with Crippen molar-refractivity contribution in [1.82, 2.24) is 9.55 Å². The molecule has 2 heterocycles. The Morgan fingerprint density at radius 1 is 1.06 bits per heavy atom. The van der Waals surface area contributed by atoms with Gasteiger partial charge in [0, 0.05) is 12.6 Å². The third-order valence-electron chi connectivity index (χ3n) is 5.64. The zero-order valence-electron chi connectivity index (χ0n) is 19.1. The van der Waals surface area contributed by atoms with Gasteiger partial charge in [-0.2, -0.15) is 4.98 Å². The Balaban J connectivity index is 1.53. The molecule has 2 aromatic carbocycles. The first-order chi connectivity index (χ1) is 16.7. The van der Waals surface area contributed by atoms with Crippen molar-refractivity contribution in [3.05, 3.63) is 91.0 Å². The number of benzene rings is 2. The second-order valence-electron chi connectivity index (χ2n) is 8.30. The van der Waals surface area contributed by atoms with Crippen LogP contribution in [-0.2, 0) is 14.2 Å². The van der Waals surface area contributed by atoms with Gasteiger partial charge in [-0.3, -0.25) is 4.57 Å². The van der Waals surface area contributed by atoms with Crippen molar-refractivity contribution < 1.29 is 23.8 Å². The Kier molecular flexibility index (Phi) is 7.51. The van der Waals surface area contributed by atoms with Crippen LogP contribution in [0.2, 0.25) is 0 Å². The van der Waals surface area contributed by atoms with Gasteiger partial charge in [-0.15, -0.1) is 0 Å². The summed E-state index contributed by atoms with van der Waals surface area (Å²) in [6.07, 6.45) is -0.614. The third-order valence-corrected chi connectivity index (χ3v) is 6.47. The van der Waals surface area contributed by atoms with Gasteiger partial charge in [0.1, 0.15) is 30.9 Å². The normalized spacial score (nSPS) is 19.3. The van der Waals surface area contributed by atoms with Gasteiger partial charge >= 0.3 is 17.6 Å². The van der Waals surface area contributed by atoms with Gasteiger partial charge < -0.3 is 19.9 Å². The monoisotopic (exact) mass is 589 g/mol. The molecule has 3 aromatic rings. The van der Waals surface area contributed by atoms with Gasteiger partial charge in [-0.25, -0.2) is 14.4 Å². The number of hydrogen-bond acceptors (Lipinski definition) is 8. The fourth-order valence-electron chi connectivity index (χ4n) is 3.64. The highest BCUT2D eigenvalue weighted by atomic mass is 127. The summed E-state index contributed by atoms with van der Waals surface area (Å²) in [5.41, 5.74) is 7.95. The van der Waals surface area contributed by atoms with Crippen LogP contribution in [0.25, 0.3) is 0 Å². The highest BCUT2D eigenvalue weighted by molar-refractivity contribution is 14.1. The number of carbonyl (C=O) groups is 2. The molecule has 182 valence electrons. The number of aromatic nitrogens is 2. The van der Waals surface area contributed by atoms with E-state index in [-0.39, 0.29) is 18.8 Å². The van der Waals surface area contributed by atoms with E-state index in [2.05, 4.69) is 4.98 Å². The van der Waals surface area contributed by atoms with Gasteiger partial charge in [0.2, 0.25) is 0 Å². The zero-order valence-corrected chi connectivity index (χ0v) is 21.3. The first-order valence-electron chi connectivity index (χ1n) is 10.9. The van der Waals surface area contributed by atoms with Gasteiger partial charge in [0.15, 0.2) is 0 Å². The van der Waals surface area contributed by atoms with Gasteiger partial charge in [0.05, 0.1) is 14.7 Å². The third kappa shape index (κ3) is 5.88. The molecule has 0 radical (unpaired) electrons. The summed E-state index contributed by atoms with van der Waals surface area (Å²) in [6, 6.07) is 13.9. The van der Waals surface area contributed by atoms with Crippen LogP contribution < -0.4 is 11.4 Å². The average molecular weight is 589 g/mol. The minimum absolute atomic E-state index is 0.121. The van der Waals surface area contributed by atoms with Crippen molar-refractivity contribution in [2.45, 2.75) is 38.7 Å². The Morgan fingerprint density at radius 3 is 2.23 bits per heavy atom. The predicted molar refractivity (Wildman–Crippen MR) is 136 cm³/mol. The Hall–Kier alpha value is -3.25. The number of hydrogen-bond donors (Lipinski definition) is 1. The summed E-state index contributed by atoms with van der Waals surface area (Å²) in [5.74, 6) is -0.941. The van der Waals surface area contributed by atoms with Crippen LogP contribution in [-0.4, -0.2) is 40.3 Å². The predicted octanol–water partition coefficient (Wildman–Crippen LogP) is 3.42. The summed E-state index contributed by atoms with van der Waals surface area (Å²) in [4.78, 5) is 41.5. The minimum Gasteiger partial charge on any atom is -0.459 e. The summed E-state index contributed by atoms with van der Waals surface area (Å²) >= 11 is 1.97. The number of ether oxygens (including phenoxy) is 3. The highest BCUT2D eigenvalue weighted by Crippen LogP contribution is 2.31. The molecule has 35 heavy (non-hydrogen) atoms. The minimum atomic E-state index is -0.786. The maximum absolute atomic E-state index is 12.8. The van der Waals surface area contributed by atoms with Crippen molar-refractivity contribution >= 4 is 40.3 Å². The lowest BCUT2D eigenvalue weighted by Gasteiger charge is -2.19. The lowest BCUT2D eigenvalue weighted by atomic mass is 10.1. The molecule has 1 aliphatic heterocycles. The van der Waals surface area contributed by atoms with Crippen LogP contribution in [0, 0.1) is 17.4 Å². The lowest BCUT2D eigenvalue weighted by molar-refractivity contribution is -0.0582. The van der Waals surface area contributed by atoms with E-state index in [9.17, 15) is 14.4 Å². The lowest BCUT2D eigenvalue weighted by Crippen LogP contribution is -2.32. The van der Waals surface area contributed by atoms with Gasteiger partial charge in [-0.05, 0) is 60.7 Å². The van der Waals surface area contributed by atoms with E-state index in [1.54, 1.807) is 24.3 Å². The standard InChI is InChI=1S/C25H24IN3O6/c1-14-3-7-16(8-4-14)23(30)33-13-20-19(35-24(31)17-9-5-15(2)6-10-17)11-21(34-20)29-12-18(26)22(27)28-25(29)32/h3-10,12,19-21H,11,13H2,1-2H3,(H2,27,28,32)/t19-,20+,21+/m1/s1. The molecule has 4 rings (SSSR count). The number of carbonyl (C=O) groups excluding carboxylic acids is 2. The molecular formula is C25H24IN3O6. The molecule has 0 spiro atoms. The molecule has 10 heteroatoms. The molecule has 2 N–H and O–H groups in total. The number of nitrogen functional groups attached to an aromatic ring is 1. The van der Waals surface area contributed by atoms with E-state index in [1.807, 2.05) is 60.7 Å². The summed E-state index contributed by atoms with van der Waals surface area (Å²) in [7, 11) is 0. The first-order valence-corrected chi connectivity index (χ1v) is 12.0. The van der Waals surface area contributed by atoms with Crippen molar-refractivity contribution in [3.63, 3.8) is 0 Å². The van der Waals surface area contributed by atoms with Crippen molar-refractivity contribution in [2.75, 3.05) is 12.3 Å². The zero-order chi connectivity index (χ0) is 25.1. The van der Waals surface area contributed by atoms with Gasteiger partial charge in [-0.1, -0.05) is 35.4 Å². The summed E-state index contributed by atoms with van der Waals surface area (Å²) in [5, 5.41) is 0. The number of nitrogens with zero attached hydrogens (tertiary/aromatic N) is 2. The maximum Gasteiger partial charge on any atom is 0.351 e. The van der Waals surface area contributed by atoms with Crippen molar-refractivity contribution in [2.24, 2.45) is 0 Å². The smallest absolute Gasteiger partial charge is 0.351 e. The van der Waals surface area contributed by atoms with E-state index in [0.717, 1.165) is 11.1 Å². The SMILES string of the molecule is Cc1ccc(C(=O)OC[C@@H]2O[C@H](n3cc(I)c(N)nc3=O)C[C@H]2OC(=O)c2ccc(C)cc2)cc1. The molecule has 3 atom stereocenters. The molecule has 1 aliphatic rings. The van der Waals surface area contributed by atoms with Crippen molar-refractivity contribution in [3.8, 4) is 0 Å². The number of nitrogens with two attached hydrogens (primary N) is 1. The molecule has 9 nitrogen and oxygen atoms in total. The molecular weight excluding hydrogens is 565 g/mol. The quantitative estimate of drug-likeness (QED) is 0.343. The number of anilines is 1. The molecule has 0 aliphatic carbocycles. The second-order valence-corrected chi connectivity index (χ2v) is 9.47. The number of halogens is 1. The summed E-state index contributed by atoms with van der Waals surface area (Å²) < 4.78 is 19.1. The molecule has 1 fully saturated rings. The van der Waals surface area contributed by atoms with Crippen LogP contribution in [0.5, 0.6) is 0 Å². The fraction of sp³-hybridized carbons (Fsp3) is 0.280. The molecule has 0 bridgehead atoms. The van der Waals surface area contributed by atoms with E-state index < -0.39 is 36.1 Å². The average Bonchev–Trinajstić information content (AvgIpc) is 3.22. The number of aryl methyl sites for hydroxylation is 2. The Labute approximate surface area is 215 Å². The highest BCUT2D eigenvalue weighted by Gasteiger charge is 2.40. The topological polar surface area (TPSA) is 123 Å². The number of rotatable bonds is 6. The number of esters is 2. The van der Waals surface area contributed by atoms with Crippen LogP contribution in [0.4, 0.5) is 5.82 Å². The molecule has 0 amide bonds. The van der Waals surface area contributed by atoms with Crippen LogP contribution in [0.3, 0.4) is 0 Å². The molecule has 1 saturated heterocycles. The molecule has 0 saturated carbocycles. The largest absolute Gasteiger partial charge is 0.459 e.